The first-order valence-electron chi connectivity index (χ1n) is 5.96. The number of rotatable bonds is 2. The first kappa shape index (κ1) is 12.7. The molecule has 0 unspecified atom stereocenters. The maximum Gasteiger partial charge on any atom is 0.281 e. The molecule has 1 aliphatic rings. The lowest BCUT2D eigenvalue weighted by Gasteiger charge is -2.30. The summed E-state index contributed by atoms with van der Waals surface area (Å²) in [5.74, 6) is 0. The number of imidazole rings is 1. The normalized spacial score (nSPS) is 17.2. The van der Waals surface area contributed by atoms with E-state index in [2.05, 4.69) is 15.1 Å². The summed E-state index contributed by atoms with van der Waals surface area (Å²) in [4.78, 5) is 6.36. The van der Waals surface area contributed by atoms with Gasteiger partial charge in [-0.2, -0.15) is 8.42 Å². The number of para-hydroxylation sites is 1. The number of nitrogens with zero attached hydrogens (tertiary/aromatic N) is 3. The van der Waals surface area contributed by atoms with E-state index in [1.165, 1.54) is 16.8 Å². The van der Waals surface area contributed by atoms with Crippen LogP contribution in [0.4, 0.5) is 5.69 Å². The molecule has 0 atom stereocenters. The van der Waals surface area contributed by atoms with Gasteiger partial charge in [-0.25, -0.2) is 4.98 Å². The minimum Gasteiger partial charge on any atom is -0.411 e. The maximum atomic E-state index is 12.6. The number of anilines is 1. The number of fused-ring (bicyclic) bond motifs is 1. The Hall–Kier alpha value is -2.35. The van der Waals surface area contributed by atoms with Crippen LogP contribution in [0.2, 0.25) is 0 Å². The summed E-state index contributed by atoms with van der Waals surface area (Å²) in [7, 11) is -3.69. The highest BCUT2D eigenvalue weighted by Gasteiger charge is 2.32. The minimum absolute atomic E-state index is 0.0386. The molecule has 1 aliphatic heterocycles. The topological polar surface area (TPSA) is 98.7 Å². The van der Waals surface area contributed by atoms with Crippen molar-refractivity contribution < 1.29 is 13.6 Å². The number of aromatic amines is 1. The molecule has 0 aliphatic carbocycles. The number of hydrogen-bond donors (Lipinski definition) is 2. The van der Waals surface area contributed by atoms with Crippen molar-refractivity contribution in [2.24, 2.45) is 5.16 Å². The van der Waals surface area contributed by atoms with Crippen LogP contribution in [0.15, 0.2) is 47.0 Å². The average molecular weight is 292 g/mol. The molecule has 2 aromatic rings. The minimum atomic E-state index is -3.69. The third kappa shape index (κ3) is 1.85. The van der Waals surface area contributed by atoms with Gasteiger partial charge in [0.2, 0.25) is 0 Å². The van der Waals surface area contributed by atoms with Crippen LogP contribution in [0.1, 0.15) is 12.0 Å². The molecule has 104 valence electrons. The van der Waals surface area contributed by atoms with Crippen LogP contribution >= 0.6 is 0 Å². The van der Waals surface area contributed by atoms with Gasteiger partial charge in [0.05, 0.1) is 23.9 Å². The van der Waals surface area contributed by atoms with E-state index in [9.17, 15) is 8.42 Å². The van der Waals surface area contributed by atoms with Crippen LogP contribution in [0.25, 0.3) is 0 Å². The first-order chi connectivity index (χ1) is 9.64. The van der Waals surface area contributed by atoms with Gasteiger partial charge in [-0.3, -0.25) is 4.31 Å². The van der Waals surface area contributed by atoms with Crippen molar-refractivity contribution >= 4 is 21.4 Å². The van der Waals surface area contributed by atoms with E-state index < -0.39 is 10.0 Å². The fourth-order valence-corrected chi connectivity index (χ4v) is 3.64. The number of hydrogen-bond acceptors (Lipinski definition) is 5. The molecule has 0 saturated carbocycles. The van der Waals surface area contributed by atoms with Gasteiger partial charge in [0, 0.05) is 18.5 Å². The second-order valence-corrected chi connectivity index (χ2v) is 6.14. The van der Waals surface area contributed by atoms with E-state index in [4.69, 9.17) is 5.21 Å². The molecule has 2 N–H and O–H groups in total. The Kier molecular flexibility index (Phi) is 2.94. The Bertz CT molecular complexity index is 753. The fraction of sp³-hybridized carbons (Fsp3) is 0.167. The second-order valence-electron chi connectivity index (χ2n) is 4.31. The quantitative estimate of drug-likeness (QED) is 0.641. The second kappa shape index (κ2) is 4.64. The lowest BCUT2D eigenvalue weighted by Crippen LogP contribution is -2.37. The smallest absolute Gasteiger partial charge is 0.281 e. The summed E-state index contributed by atoms with van der Waals surface area (Å²) in [5.41, 5.74) is 1.60. The van der Waals surface area contributed by atoms with Gasteiger partial charge in [-0.05, 0) is 6.07 Å². The Morgan fingerprint density at radius 1 is 1.35 bits per heavy atom. The molecule has 0 amide bonds. The van der Waals surface area contributed by atoms with E-state index in [0.717, 1.165) is 0 Å². The SMILES string of the molecule is O=S(=O)(c1cnc[nH]1)N1CCC(=NO)c2ccccc21. The van der Waals surface area contributed by atoms with Gasteiger partial charge < -0.3 is 10.2 Å². The first-order valence-corrected chi connectivity index (χ1v) is 7.40. The standard InChI is InChI=1S/C12H12N4O3S/c17-15-10-5-6-16(11-4-2-1-3-9(10)11)20(18,19)12-7-13-8-14-12/h1-4,7-8,17H,5-6H2,(H,13,14). The van der Waals surface area contributed by atoms with Crippen LogP contribution < -0.4 is 4.31 Å². The summed E-state index contributed by atoms with van der Waals surface area (Å²) in [6, 6.07) is 6.94. The van der Waals surface area contributed by atoms with Crippen LogP contribution in [-0.2, 0) is 10.0 Å². The molecule has 0 fully saturated rings. The Morgan fingerprint density at radius 3 is 2.85 bits per heavy atom. The third-order valence-electron chi connectivity index (χ3n) is 3.20. The van der Waals surface area contributed by atoms with E-state index in [0.29, 0.717) is 23.4 Å². The number of oxime groups is 1. The van der Waals surface area contributed by atoms with Crippen LogP contribution in [0.3, 0.4) is 0 Å². The lowest BCUT2D eigenvalue weighted by atomic mass is 10.0. The molecule has 1 aromatic heterocycles. The molecule has 2 heterocycles. The van der Waals surface area contributed by atoms with Gasteiger partial charge in [0.15, 0.2) is 5.03 Å². The van der Waals surface area contributed by atoms with Crippen molar-refractivity contribution in [1.82, 2.24) is 9.97 Å². The van der Waals surface area contributed by atoms with E-state index in [1.807, 2.05) is 0 Å². The van der Waals surface area contributed by atoms with Crippen molar-refractivity contribution in [1.29, 1.82) is 0 Å². The zero-order valence-electron chi connectivity index (χ0n) is 10.4. The van der Waals surface area contributed by atoms with Gasteiger partial charge in [-0.15, -0.1) is 0 Å². The summed E-state index contributed by atoms with van der Waals surface area (Å²) in [6.07, 6.45) is 2.94. The number of benzene rings is 1. The average Bonchev–Trinajstić information content (AvgIpc) is 3.01. The van der Waals surface area contributed by atoms with Crippen molar-refractivity contribution in [3.8, 4) is 0 Å². The van der Waals surface area contributed by atoms with Gasteiger partial charge in [-0.1, -0.05) is 23.4 Å². The molecule has 20 heavy (non-hydrogen) atoms. The molecule has 8 heteroatoms. The van der Waals surface area contributed by atoms with Gasteiger partial charge >= 0.3 is 0 Å². The van der Waals surface area contributed by atoms with Crippen molar-refractivity contribution in [3.63, 3.8) is 0 Å². The summed E-state index contributed by atoms with van der Waals surface area (Å²) < 4.78 is 26.4. The maximum absolute atomic E-state index is 12.6. The zero-order chi connectivity index (χ0) is 14.2. The van der Waals surface area contributed by atoms with Crippen LogP contribution in [0.5, 0.6) is 0 Å². The predicted molar refractivity (Wildman–Crippen MR) is 72.5 cm³/mol. The number of sulfonamides is 1. The number of nitrogens with one attached hydrogen (secondary N) is 1. The number of H-pyrrole nitrogens is 1. The Labute approximate surface area is 115 Å². The van der Waals surface area contributed by atoms with E-state index in [1.54, 1.807) is 24.3 Å². The molecular formula is C12H12N4O3S. The van der Waals surface area contributed by atoms with Crippen LogP contribution in [0, 0.1) is 0 Å². The van der Waals surface area contributed by atoms with Crippen molar-refractivity contribution in [2.45, 2.75) is 11.4 Å². The fourth-order valence-electron chi connectivity index (χ4n) is 2.25. The highest BCUT2D eigenvalue weighted by Crippen LogP contribution is 2.31. The van der Waals surface area contributed by atoms with Crippen molar-refractivity contribution in [3.05, 3.63) is 42.4 Å². The highest BCUT2D eigenvalue weighted by atomic mass is 32.2. The highest BCUT2D eigenvalue weighted by molar-refractivity contribution is 7.92. The zero-order valence-corrected chi connectivity index (χ0v) is 11.2. The van der Waals surface area contributed by atoms with E-state index >= 15 is 0 Å². The molecule has 7 nitrogen and oxygen atoms in total. The summed E-state index contributed by atoms with van der Waals surface area (Å²) >= 11 is 0. The van der Waals surface area contributed by atoms with Crippen molar-refractivity contribution in [2.75, 3.05) is 10.8 Å². The summed E-state index contributed by atoms with van der Waals surface area (Å²) in [5, 5.41) is 12.3. The van der Waals surface area contributed by atoms with Gasteiger partial charge in [0.25, 0.3) is 10.0 Å². The molecule has 3 rings (SSSR count). The molecule has 0 spiro atoms. The molecule has 0 saturated heterocycles. The molecule has 0 bridgehead atoms. The molecular weight excluding hydrogens is 280 g/mol. The van der Waals surface area contributed by atoms with E-state index in [-0.39, 0.29) is 11.6 Å². The third-order valence-corrected chi connectivity index (χ3v) is 4.94. The molecule has 0 radical (unpaired) electrons. The monoisotopic (exact) mass is 292 g/mol. The number of aromatic nitrogens is 2. The Balaban J connectivity index is 2.14. The molecule has 1 aromatic carbocycles. The lowest BCUT2D eigenvalue weighted by molar-refractivity contribution is 0.318. The Morgan fingerprint density at radius 2 is 2.15 bits per heavy atom. The van der Waals surface area contributed by atoms with Gasteiger partial charge in [0.1, 0.15) is 0 Å². The largest absolute Gasteiger partial charge is 0.411 e. The predicted octanol–water partition coefficient (Wildman–Crippen LogP) is 1.19. The summed E-state index contributed by atoms with van der Waals surface area (Å²) in [6.45, 7) is 0.220. The van der Waals surface area contributed by atoms with Crippen LogP contribution in [-0.4, -0.2) is 35.8 Å².